The quantitative estimate of drug-likeness (QED) is 0.704. The molecule has 2 aromatic carbocycles. The van der Waals surface area contributed by atoms with Crippen LogP contribution in [0.4, 0.5) is 0 Å². The zero-order valence-corrected chi connectivity index (χ0v) is 17.4. The fraction of sp³-hybridized carbons (Fsp3) is 0.458. The number of carbonyl (C=O) groups is 1. The molecule has 0 radical (unpaired) electrons. The summed E-state index contributed by atoms with van der Waals surface area (Å²) in [4.78, 5) is 12.0. The zero-order chi connectivity index (χ0) is 20.6. The molecule has 2 aromatic rings. The number of nitrogens with one attached hydrogen (secondary N) is 1. The van der Waals surface area contributed by atoms with Gasteiger partial charge in [-0.25, -0.2) is 0 Å². The molecule has 3 rings (SSSR count). The Bertz CT molecular complexity index is 798. The number of hydrogen-bond acceptors (Lipinski definition) is 4. The predicted octanol–water partition coefficient (Wildman–Crippen LogP) is 4.13. The monoisotopic (exact) mass is 396 g/mol. The van der Waals surface area contributed by atoms with Gasteiger partial charge in [-0.15, -0.1) is 0 Å². The number of rotatable bonds is 8. The summed E-state index contributed by atoms with van der Waals surface area (Å²) in [6.07, 6.45) is 6.32. The van der Waals surface area contributed by atoms with Crippen LogP contribution in [0.25, 0.3) is 0 Å². The van der Waals surface area contributed by atoms with E-state index in [2.05, 4.69) is 5.32 Å². The van der Waals surface area contributed by atoms with Gasteiger partial charge in [0.05, 0.1) is 13.2 Å². The van der Waals surface area contributed by atoms with Gasteiger partial charge in [0.15, 0.2) is 6.61 Å². The second-order valence-corrected chi connectivity index (χ2v) is 7.87. The standard InChI is InChI=1S/C24H32N2O3/c1-17-14-21(28-2)12-13-22(17)24(25)19-8-10-20(11-9-19)29-16-23(27)26-15-18-6-4-3-5-7-18/h8-14,18,24H,3-7,15-16,25H2,1-2H3,(H,26,27). The van der Waals surface area contributed by atoms with Crippen molar-refractivity contribution in [3.63, 3.8) is 0 Å². The SMILES string of the molecule is COc1ccc(C(N)c2ccc(OCC(=O)NCC3CCCCC3)cc2)c(C)c1. The molecule has 1 saturated carbocycles. The fourth-order valence-corrected chi connectivity index (χ4v) is 3.92. The number of methoxy groups -OCH3 is 1. The first-order valence-corrected chi connectivity index (χ1v) is 10.5. The molecule has 0 aliphatic heterocycles. The normalized spacial score (nSPS) is 15.6. The van der Waals surface area contributed by atoms with Crippen LogP contribution in [0.2, 0.25) is 0 Å². The molecule has 1 fully saturated rings. The van der Waals surface area contributed by atoms with Crippen LogP contribution in [0.3, 0.4) is 0 Å². The van der Waals surface area contributed by atoms with E-state index in [1.807, 2.05) is 49.4 Å². The number of aryl methyl sites for hydroxylation is 1. The average molecular weight is 397 g/mol. The molecular weight excluding hydrogens is 364 g/mol. The second-order valence-electron chi connectivity index (χ2n) is 7.87. The molecule has 1 aliphatic carbocycles. The first kappa shape index (κ1) is 21.2. The molecule has 5 heteroatoms. The molecule has 156 valence electrons. The molecular formula is C24H32N2O3. The van der Waals surface area contributed by atoms with Crippen molar-refractivity contribution in [1.82, 2.24) is 5.32 Å². The topological polar surface area (TPSA) is 73.6 Å². The highest BCUT2D eigenvalue weighted by Crippen LogP contribution is 2.27. The number of benzene rings is 2. The van der Waals surface area contributed by atoms with Gasteiger partial charge >= 0.3 is 0 Å². The maximum Gasteiger partial charge on any atom is 0.257 e. The maximum absolute atomic E-state index is 12.0. The number of hydrogen-bond donors (Lipinski definition) is 2. The van der Waals surface area contributed by atoms with Crippen molar-refractivity contribution in [2.45, 2.75) is 45.1 Å². The smallest absolute Gasteiger partial charge is 0.257 e. The molecule has 0 heterocycles. The number of carbonyl (C=O) groups excluding carboxylic acids is 1. The average Bonchev–Trinajstić information content (AvgIpc) is 2.76. The van der Waals surface area contributed by atoms with Crippen LogP contribution in [0, 0.1) is 12.8 Å². The molecule has 1 amide bonds. The Morgan fingerprint density at radius 2 is 1.79 bits per heavy atom. The van der Waals surface area contributed by atoms with Crippen molar-refractivity contribution in [3.8, 4) is 11.5 Å². The Kier molecular flexibility index (Phi) is 7.53. The van der Waals surface area contributed by atoms with Crippen LogP contribution < -0.4 is 20.5 Å². The minimum absolute atomic E-state index is 0.0374. The van der Waals surface area contributed by atoms with Crippen molar-refractivity contribution < 1.29 is 14.3 Å². The molecule has 29 heavy (non-hydrogen) atoms. The molecule has 1 aliphatic rings. The highest BCUT2D eigenvalue weighted by atomic mass is 16.5. The van der Waals surface area contributed by atoms with Gasteiger partial charge < -0.3 is 20.5 Å². The number of ether oxygens (including phenoxy) is 2. The van der Waals surface area contributed by atoms with E-state index >= 15 is 0 Å². The first-order chi connectivity index (χ1) is 14.1. The maximum atomic E-state index is 12.0. The van der Waals surface area contributed by atoms with Gasteiger partial charge in [-0.1, -0.05) is 37.5 Å². The number of nitrogens with two attached hydrogens (primary N) is 1. The second kappa shape index (κ2) is 10.3. The fourth-order valence-electron chi connectivity index (χ4n) is 3.92. The van der Waals surface area contributed by atoms with Gasteiger partial charge in [0.1, 0.15) is 11.5 Å². The summed E-state index contributed by atoms with van der Waals surface area (Å²) in [6.45, 7) is 2.83. The lowest BCUT2D eigenvalue weighted by molar-refractivity contribution is -0.123. The van der Waals surface area contributed by atoms with Crippen LogP contribution in [0.5, 0.6) is 11.5 Å². The summed E-state index contributed by atoms with van der Waals surface area (Å²) in [6, 6.07) is 13.3. The molecule has 1 atom stereocenters. The highest BCUT2D eigenvalue weighted by molar-refractivity contribution is 5.77. The Labute approximate surface area is 173 Å². The minimum Gasteiger partial charge on any atom is -0.497 e. The summed E-state index contributed by atoms with van der Waals surface area (Å²) in [5.41, 5.74) is 9.59. The van der Waals surface area contributed by atoms with E-state index < -0.39 is 0 Å². The molecule has 0 saturated heterocycles. The van der Waals surface area contributed by atoms with E-state index in [0.717, 1.165) is 29.0 Å². The summed E-state index contributed by atoms with van der Waals surface area (Å²) in [5, 5.41) is 3.00. The minimum atomic E-state index is -0.228. The first-order valence-electron chi connectivity index (χ1n) is 10.5. The highest BCUT2D eigenvalue weighted by Gasteiger charge is 2.15. The third kappa shape index (κ3) is 5.97. The predicted molar refractivity (Wildman–Crippen MR) is 115 cm³/mol. The summed E-state index contributed by atoms with van der Waals surface area (Å²) >= 11 is 0. The summed E-state index contributed by atoms with van der Waals surface area (Å²) in [5.74, 6) is 2.05. The van der Waals surface area contributed by atoms with Crippen LogP contribution in [0.1, 0.15) is 54.8 Å². The summed E-state index contributed by atoms with van der Waals surface area (Å²) < 4.78 is 10.9. The Hall–Kier alpha value is -2.53. The van der Waals surface area contributed by atoms with E-state index in [0.29, 0.717) is 11.7 Å². The van der Waals surface area contributed by atoms with E-state index in [9.17, 15) is 4.79 Å². The lowest BCUT2D eigenvalue weighted by Crippen LogP contribution is -2.33. The van der Waals surface area contributed by atoms with Crippen molar-refractivity contribution in [1.29, 1.82) is 0 Å². The zero-order valence-electron chi connectivity index (χ0n) is 17.4. The van der Waals surface area contributed by atoms with E-state index in [1.54, 1.807) is 7.11 Å². The van der Waals surface area contributed by atoms with Gasteiger partial charge in [0, 0.05) is 6.54 Å². The van der Waals surface area contributed by atoms with Crippen molar-refractivity contribution in [2.75, 3.05) is 20.3 Å². The third-order valence-electron chi connectivity index (χ3n) is 5.73. The lowest BCUT2D eigenvalue weighted by Gasteiger charge is -2.21. The van der Waals surface area contributed by atoms with Crippen LogP contribution >= 0.6 is 0 Å². The molecule has 0 spiro atoms. The summed E-state index contributed by atoms with van der Waals surface area (Å²) in [7, 11) is 1.66. The van der Waals surface area contributed by atoms with E-state index in [-0.39, 0.29) is 18.6 Å². The number of amides is 1. The van der Waals surface area contributed by atoms with Gasteiger partial charge in [0.25, 0.3) is 5.91 Å². The van der Waals surface area contributed by atoms with Gasteiger partial charge in [-0.05, 0) is 66.6 Å². The van der Waals surface area contributed by atoms with Crippen molar-refractivity contribution in [2.24, 2.45) is 11.7 Å². The Balaban J connectivity index is 1.49. The molecule has 0 aromatic heterocycles. The lowest BCUT2D eigenvalue weighted by atomic mass is 9.89. The Morgan fingerprint density at radius 3 is 2.45 bits per heavy atom. The molecule has 1 unspecified atom stereocenters. The Morgan fingerprint density at radius 1 is 1.10 bits per heavy atom. The van der Waals surface area contributed by atoms with Crippen molar-refractivity contribution in [3.05, 3.63) is 59.2 Å². The third-order valence-corrected chi connectivity index (χ3v) is 5.73. The van der Waals surface area contributed by atoms with Gasteiger partial charge in [0.2, 0.25) is 0 Å². The van der Waals surface area contributed by atoms with E-state index in [1.165, 1.54) is 32.1 Å². The van der Waals surface area contributed by atoms with Crippen LogP contribution in [-0.2, 0) is 4.79 Å². The van der Waals surface area contributed by atoms with E-state index in [4.69, 9.17) is 15.2 Å². The van der Waals surface area contributed by atoms with Gasteiger partial charge in [-0.3, -0.25) is 4.79 Å². The molecule has 0 bridgehead atoms. The largest absolute Gasteiger partial charge is 0.497 e. The van der Waals surface area contributed by atoms with Crippen molar-refractivity contribution >= 4 is 5.91 Å². The van der Waals surface area contributed by atoms with Crippen LogP contribution in [0.15, 0.2) is 42.5 Å². The molecule has 5 nitrogen and oxygen atoms in total. The van der Waals surface area contributed by atoms with Gasteiger partial charge in [-0.2, -0.15) is 0 Å². The molecule has 3 N–H and O–H groups in total. The van der Waals surface area contributed by atoms with Crippen LogP contribution in [-0.4, -0.2) is 26.2 Å².